The van der Waals surface area contributed by atoms with Gasteiger partial charge in [0.2, 0.25) is 0 Å². The van der Waals surface area contributed by atoms with Crippen LogP contribution in [-0.2, 0) is 9.53 Å². The monoisotopic (exact) mass is 233 g/mol. The molecule has 0 rings (SSSR count). The number of rotatable bonds is 6. The zero-order chi connectivity index (χ0) is 12.3. The second-order valence-electron chi connectivity index (χ2n) is 3.28. The summed E-state index contributed by atoms with van der Waals surface area (Å²) in [4.78, 5) is 10.4. The van der Waals surface area contributed by atoms with Gasteiger partial charge in [0, 0.05) is 0 Å². The van der Waals surface area contributed by atoms with Crippen molar-refractivity contribution < 1.29 is 32.2 Å². The van der Waals surface area contributed by atoms with Crippen LogP contribution in [0.4, 0.5) is 17.6 Å². The number of carboxylic acid groups (broad SMARTS) is 1. The van der Waals surface area contributed by atoms with Crippen LogP contribution < -0.4 is 5.73 Å². The molecule has 1 atom stereocenters. The minimum atomic E-state index is -4.30. The Morgan fingerprint density at radius 3 is 2.27 bits per heavy atom. The Kier molecular flexibility index (Phi) is 4.47. The Balaban J connectivity index is 4.05. The second-order valence-corrected chi connectivity index (χ2v) is 3.28. The van der Waals surface area contributed by atoms with E-state index in [9.17, 15) is 22.4 Å². The van der Waals surface area contributed by atoms with Gasteiger partial charge >= 0.3 is 18.3 Å². The summed E-state index contributed by atoms with van der Waals surface area (Å²) in [5.41, 5.74) is 3.23. The Morgan fingerprint density at radius 2 is 1.93 bits per heavy atom. The molecule has 3 N–H and O–H groups in total. The SMILES string of the molecule is CC(N)(COCC(F)(F)C(F)F)C(=O)O. The lowest BCUT2D eigenvalue weighted by atomic mass is 10.1. The molecule has 8 heteroatoms. The van der Waals surface area contributed by atoms with Gasteiger partial charge in [-0.1, -0.05) is 0 Å². The van der Waals surface area contributed by atoms with Crippen LogP contribution in [0.15, 0.2) is 0 Å². The normalized spacial score (nSPS) is 16.5. The van der Waals surface area contributed by atoms with Crippen molar-refractivity contribution in [2.45, 2.75) is 24.8 Å². The van der Waals surface area contributed by atoms with Crippen molar-refractivity contribution >= 4 is 5.97 Å². The Hall–Kier alpha value is -0.890. The first-order chi connectivity index (χ1) is 6.59. The molecule has 0 spiro atoms. The predicted octanol–water partition coefficient (Wildman–Crippen LogP) is 0.705. The summed E-state index contributed by atoms with van der Waals surface area (Å²) in [5.74, 6) is -5.77. The lowest BCUT2D eigenvalue weighted by Gasteiger charge is -2.21. The van der Waals surface area contributed by atoms with Crippen LogP contribution in [0.5, 0.6) is 0 Å². The number of hydrogen-bond acceptors (Lipinski definition) is 3. The van der Waals surface area contributed by atoms with E-state index >= 15 is 0 Å². The van der Waals surface area contributed by atoms with Gasteiger partial charge in [-0.3, -0.25) is 4.79 Å². The first-order valence-corrected chi connectivity index (χ1v) is 3.85. The van der Waals surface area contributed by atoms with Crippen molar-refractivity contribution in [3.63, 3.8) is 0 Å². The molecule has 0 saturated carbocycles. The highest BCUT2D eigenvalue weighted by Crippen LogP contribution is 2.23. The molecule has 4 nitrogen and oxygen atoms in total. The van der Waals surface area contributed by atoms with E-state index < -0.39 is 37.1 Å². The van der Waals surface area contributed by atoms with Gasteiger partial charge in [0.05, 0.1) is 6.61 Å². The number of hydrogen-bond donors (Lipinski definition) is 2. The van der Waals surface area contributed by atoms with E-state index in [0.717, 1.165) is 6.92 Å². The molecule has 0 saturated heterocycles. The highest BCUT2D eigenvalue weighted by atomic mass is 19.3. The van der Waals surface area contributed by atoms with Crippen LogP contribution in [-0.4, -0.2) is 42.2 Å². The van der Waals surface area contributed by atoms with E-state index in [0.29, 0.717) is 0 Å². The quantitative estimate of drug-likeness (QED) is 0.662. The zero-order valence-corrected chi connectivity index (χ0v) is 7.84. The van der Waals surface area contributed by atoms with Gasteiger partial charge in [-0.25, -0.2) is 8.78 Å². The molecule has 0 amide bonds. The van der Waals surface area contributed by atoms with Crippen molar-refractivity contribution in [3.05, 3.63) is 0 Å². The number of aliphatic carboxylic acids is 1. The van der Waals surface area contributed by atoms with Crippen LogP contribution in [0, 0.1) is 0 Å². The van der Waals surface area contributed by atoms with Crippen molar-refractivity contribution in [3.8, 4) is 0 Å². The van der Waals surface area contributed by atoms with Crippen LogP contribution in [0.25, 0.3) is 0 Å². The van der Waals surface area contributed by atoms with E-state index in [2.05, 4.69) is 4.74 Å². The molecule has 90 valence electrons. The minimum Gasteiger partial charge on any atom is -0.480 e. The summed E-state index contributed by atoms with van der Waals surface area (Å²) in [7, 11) is 0. The predicted molar refractivity (Wildman–Crippen MR) is 42.0 cm³/mol. The standard InChI is InChI=1S/C7H11F4NO3/c1-6(12,5(13)14)2-15-3-7(10,11)4(8)9/h4H,2-3,12H2,1H3,(H,13,14). The lowest BCUT2D eigenvalue weighted by molar-refractivity contribution is -0.172. The fraction of sp³-hybridized carbons (Fsp3) is 0.857. The number of ether oxygens (including phenoxy) is 1. The fourth-order valence-electron chi connectivity index (χ4n) is 0.524. The van der Waals surface area contributed by atoms with Crippen LogP contribution in [0.1, 0.15) is 6.92 Å². The van der Waals surface area contributed by atoms with Gasteiger partial charge in [-0.2, -0.15) is 8.78 Å². The van der Waals surface area contributed by atoms with E-state index in [1.165, 1.54) is 0 Å². The maximum atomic E-state index is 12.3. The van der Waals surface area contributed by atoms with Crippen molar-refractivity contribution in [2.75, 3.05) is 13.2 Å². The highest BCUT2D eigenvalue weighted by Gasteiger charge is 2.41. The average molecular weight is 233 g/mol. The van der Waals surface area contributed by atoms with Gasteiger partial charge in [0.15, 0.2) is 0 Å². The number of alkyl halides is 4. The number of carbonyl (C=O) groups is 1. The molecule has 0 aromatic heterocycles. The number of carboxylic acids is 1. The third-order valence-corrected chi connectivity index (χ3v) is 1.50. The van der Waals surface area contributed by atoms with Crippen molar-refractivity contribution in [1.29, 1.82) is 0 Å². The van der Waals surface area contributed by atoms with Crippen molar-refractivity contribution in [1.82, 2.24) is 0 Å². The second kappa shape index (κ2) is 4.75. The molecule has 1 unspecified atom stereocenters. The van der Waals surface area contributed by atoms with E-state index in [-0.39, 0.29) is 0 Å². The molecule has 15 heavy (non-hydrogen) atoms. The molecule has 0 radical (unpaired) electrons. The molecular formula is C7H11F4NO3. The smallest absolute Gasteiger partial charge is 0.330 e. The first kappa shape index (κ1) is 14.1. The molecule has 0 aromatic carbocycles. The Labute approximate surface area is 83.0 Å². The third kappa shape index (κ3) is 4.43. The number of halogens is 4. The maximum absolute atomic E-state index is 12.3. The topological polar surface area (TPSA) is 72.5 Å². The largest absolute Gasteiger partial charge is 0.480 e. The average Bonchev–Trinajstić information content (AvgIpc) is 2.02. The maximum Gasteiger partial charge on any atom is 0.330 e. The zero-order valence-electron chi connectivity index (χ0n) is 7.84. The number of nitrogens with two attached hydrogens (primary N) is 1. The fourth-order valence-corrected chi connectivity index (χ4v) is 0.524. The summed E-state index contributed by atoms with van der Waals surface area (Å²) in [6.07, 6.45) is -3.86. The van der Waals surface area contributed by atoms with Gasteiger partial charge < -0.3 is 15.6 Å². The lowest BCUT2D eigenvalue weighted by Crippen LogP contribution is -2.50. The summed E-state index contributed by atoms with van der Waals surface area (Å²) >= 11 is 0. The van der Waals surface area contributed by atoms with E-state index in [1.807, 2.05) is 0 Å². The summed E-state index contributed by atoms with van der Waals surface area (Å²) in [5, 5.41) is 8.44. The van der Waals surface area contributed by atoms with Gasteiger partial charge in [-0.05, 0) is 6.92 Å². The molecular weight excluding hydrogens is 222 g/mol. The van der Waals surface area contributed by atoms with E-state index in [4.69, 9.17) is 10.8 Å². The molecule has 0 aliphatic carbocycles. The molecule has 0 aromatic rings. The van der Waals surface area contributed by atoms with Gasteiger partial charge in [0.1, 0.15) is 12.1 Å². The third-order valence-electron chi connectivity index (χ3n) is 1.50. The molecule has 0 heterocycles. The minimum absolute atomic E-state index is 0.773. The van der Waals surface area contributed by atoms with Crippen LogP contribution in [0.3, 0.4) is 0 Å². The van der Waals surface area contributed by atoms with Gasteiger partial charge in [0.25, 0.3) is 0 Å². The molecule has 0 aliphatic heterocycles. The highest BCUT2D eigenvalue weighted by molar-refractivity contribution is 5.77. The Bertz CT molecular complexity index is 232. The van der Waals surface area contributed by atoms with Crippen LogP contribution >= 0.6 is 0 Å². The summed E-state index contributed by atoms with van der Waals surface area (Å²) in [6.45, 7) is -1.31. The molecule has 0 bridgehead atoms. The summed E-state index contributed by atoms with van der Waals surface area (Å²) < 4.78 is 51.9. The first-order valence-electron chi connectivity index (χ1n) is 3.85. The van der Waals surface area contributed by atoms with E-state index in [1.54, 1.807) is 0 Å². The van der Waals surface area contributed by atoms with Crippen molar-refractivity contribution in [2.24, 2.45) is 5.73 Å². The Morgan fingerprint density at radius 1 is 1.47 bits per heavy atom. The molecule has 0 fully saturated rings. The molecule has 0 aliphatic rings. The summed E-state index contributed by atoms with van der Waals surface area (Å²) in [6, 6.07) is 0. The van der Waals surface area contributed by atoms with Gasteiger partial charge in [-0.15, -0.1) is 0 Å². The van der Waals surface area contributed by atoms with Crippen LogP contribution in [0.2, 0.25) is 0 Å².